The van der Waals surface area contributed by atoms with Crippen LogP contribution in [-0.2, 0) is 0 Å². The Morgan fingerprint density at radius 3 is 2.76 bits per heavy atom. The fourth-order valence-electron chi connectivity index (χ4n) is 1.69. The highest BCUT2D eigenvalue weighted by atomic mass is 32.1. The van der Waals surface area contributed by atoms with Gasteiger partial charge in [-0.05, 0) is 18.2 Å². The summed E-state index contributed by atoms with van der Waals surface area (Å²) in [6.45, 7) is 0. The lowest BCUT2D eigenvalue weighted by atomic mass is 10.2. The number of pyridine rings is 1. The Kier molecular flexibility index (Phi) is 2.59. The van der Waals surface area contributed by atoms with Crippen molar-refractivity contribution in [3.63, 3.8) is 0 Å². The molecule has 0 saturated carbocycles. The molecule has 0 aliphatic rings. The predicted molar refractivity (Wildman–Crippen MR) is 67.9 cm³/mol. The first-order valence-corrected chi connectivity index (χ1v) is 6.10. The molecule has 0 amide bonds. The fourth-order valence-corrected chi connectivity index (χ4v) is 2.67. The highest BCUT2D eigenvalue weighted by Crippen LogP contribution is 2.29. The van der Waals surface area contributed by atoms with E-state index in [1.54, 1.807) is 12.4 Å². The Hall–Kier alpha value is -1.78. The van der Waals surface area contributed by atoms with E-state index in [9.17, 15) is 5.11 Å². The van der Waals surface area contributed by atoms with Crippen molar-refractivity contribution in [1.29, 1.82) is 0 Å². The third-order valence-electron chi connectivity index (χ3n) is 2.54. The van der Waals surface area contributed by atoms with E-state index in [-0.39, 0.29) is 0 Å². The molecule has 17 heavy (non-hydrogen) atoms. The van der Waals surface area contributed by atoms with Gasteiger partial charge in [-0.15, -0.1) is 11.3 Å². The number of thiazole rings is 1. The molecule has 0 aliphatic carbocycles. The number of fused-ring (bicyclic) bond motifs is 1. The summed E-state index contributed by atoms with van der Waals surface area (Å²) in [6, 6.07) is 11.5. The number of hydrogen-bond acceptors (Lipinski definition) is 4. The quantitative estimate of drug-likeness (QED) is 0.751. The zero-order chi connectivity index (χ0) is 11.7. The largest absolute Gasteiger partial charge is 0.381 e. The maximum Gasteiger partial charge on any atom is 0.132 e. The van der Waals surface area contributed by atoms with Crippen LogP contribution in [0.5, 0.6) is 0 Å². The molecule has 0 saturated heterocycles. The molecule has 0 spiro atoms. The van der Waals surface area contributed by atoms with Gasteiger partial charge in [0.05, 0.1) is 10.2 Å². The maximum atomic E-state index is 10.2. The van der Waals surface area contributed by atoms with Gasteiger partial charge in [0.15, 0.2) is 0 Å². The van der Waals surface area contributed by atoms with Gasteiger partial charge in [0, 0.05) is 18.0 Å². The van der Waals surface area contributed by atoms with E-state index in [0.29, 0.717) is 5.01 Å². The zero-order valence-electron chi connectivity index (χ0n) is 8.95. The van der Waals surface area contributed by atoms with Crippen molar-refractivity contribution in [2.24, 2.45) is 0 Å². The van der Waals surface area contributed by atoms with Crippen molar-refractivity contribution < 1.29 is 5.11 Å². The van der Waals surface area contributed by atoms with Crippen LogP contribution in [0.2, 0.25) is 0 Å². The van der Waals surface area contributed by atoms with E-state index in [1.807, 2.05) is 36.4 Å². The molecule has 2 heterocycles. The summed E-state index contributed by atoms with van der Waals surface area (Å²) in [5, 5.41) is 10.9. The second kappa shape index (κ2) is 4.24. The van der Waals surface area contributed by atoms with Gasteiger partial charge in [-0.2, -0.15) is 0 Å². The van der Waals surface area contributed by atoms with Gasteiger partial charge >= 0.3 is 0 Å². The highest BCUT2D eigenvalue weighted by Gasteiger charge is 2.15. The average Bonchev–Trinajstić information content (AvgIpc) is 2.82. The summed E-state index contributed by atoms with van der Waals surface area (Å²) in [7, 11) is 0. The van der Waals surface area contributed by atoms with Crippen molar-refractivity contribution in [3.8, 4) is 0 Å². The van der Waals surface area contributed by atoms with Crippen LogP contribution in [0, 0.1) is 0 Å². The van der Waals surface area contributed by atoms with E-state index in [1.165, 1.54) is 11.3 Å². The average molecular weight is 242 g/mol. The van der Waals surface area contributed by atoms with Crippen molar-refractivity contribution in [3.05, 3.63) is 59.4 Å². The molecular formula is C13H10N2OS. The normalized spacial score (nSPS) is 12.8. The molecule has 3 rings (SSSR count). The monoisotopic (exact) mass is 242 g/mol. The van der Waals surface area contributed by atoms with E-state index >= 15 is 0 Å². The van der Waals surface area contributed by atoms with Crippen LogP contribution in [0.1, 0.15) is 16.7 Å². The van der Waals surface area contributed by atoms with Crippen LogP contribution >= 0.6 is 11.3 Å². The topological polar surface area (TPSA) is 46.0 Å². The molecule has 0 bridgehead atoms. The Morgan fingerprint density at radius 1 is 1.12 bits per heavy atom. The summed E-state index contributed by atoms with van der Waals surface area (Å²) in [5.74, 6) is 0. The summed E-state index contributed by atoms with van der Waals surface area (Å²) < 4.78 is 1.09. The maximum absolute atomic E-state index is 10.2. The number of para-hydroxylation sites is 1. The van der Waals surface area contributed by atoms with E-state index in [0.717, 1.165) is 15.8 Å². The highest BCUT2D eigenvalue weighted by molar-refractivity contribution is 7.18. The lowest BCUT2D eigenvalue weighted by Crippen LogP contribution is -1.98. The molecule has 0 aliphatic heterocycles. The molecule has 1 aromatic carbocycles. The summed E-state index contributed by atoms with van der Waals surface area (Å²) in [6.07, 6.45) is 2.66. The van der Waals surface area contributed by atoms with Crippen molar-refractivity contribution in [2.75, 3.05) is 0 Å². The molecule has 1 unspecified atom stereocenters. The third kappa shape index (κ3) is 1.92. The lowest BCUT2D eigenvalue weighted by Gasteiger charge is -2.05. The Bertz CT molecular complexity index is 603. The van der Waals surface area contributed by atoms with Gasteiger partial charge in [0.25, 0.3) is 0 Å². The molecule has 1 atom stereocenters. The van der Waals surface area contributed by atoms with Crippen molar-refractivity contribution in [2.45, 2.75) is 6.10 Å². The van der Waals surface area contributed by atoms with Gasteiger partial charge in [0.2, 0.25) is 0 Å². The predicted octanol–water partition coefficient (Wildman–Crippen LogP) is 2.77. The second-order valence-electron chi connectivity index (χ2n) is 3.71. The number of hydrogen-bond donors (Lipinski definition) is 1. The zero-order valence-corrected chi connectivity index (χ0v) is 9.76. The summed E-state index contributed by atoms with van der Waals surface area (Å²) in [5.41, 5.74) is 1.70. The minimum atomic E-state index is -0.693. The fraction of sp³-hybridized carbons (Fsp3) is 0.0769. The van der Waals surface area contributed by atoms with Crippen molar-refractivity contribution in [1.82, 2.24) is 9.97 Å². The van der Waals surface area contributed by atoms with E-state index < -0.39 is 6.10 Å². The number of aromatic nitrogens is 2. The summed E-state index contributed by atoms with van der Waals surface area (Å²) in [4.78, 5) is 8.43. The van der Waals surface area contributed by atoms with Crippen molar-refractivity contribution >= 4 is 21.6 Å². The van der Waals surface area contributed by atoms with Crippen LogP contribution in [0.15, 0.2) is 48.8 Å². The summed E-state index contributed by atoms with van der Waals surface area (Å²) >= 11 is 1.51. The number of nitrogens with zero attached hydrogens (tertiary/aromatic N) is 2. The molecule has 0 fully saturated rings. The second-order valence-corrected chi connectivity index (χ2v) is 4.77. The smallest absolute Gasteiger partial charge is 0.132 e. The van der Waals surface area contributed by atoms with Crippen LogP contribution in [0.25, 0.3) is 10.2 Å². The third-order valence-corrected chi connectivity index (χ3v) is 3.63. The first-order chi connectivity index (χ1) is 8.34. The standard InChI is InChI=1S/C13H10N2OS/c16-12(9-4-3-7-14-8-9)13-15-10-5-1-2-6-11(10)17-13/h1-8,12,16H. The minimum absolute atomic E-state index is 0.693. The first-order valence-electron chi connectivity index (χ1n) is 5.28. The molecule has 3 aromatic rings. The number of aliphatic hydroxyl groups is 1. The van der Waals surface area contributed by atoms with Gasteiger partial charge in [-0.1, -0.05) is 18.2 Å². The van der Waals surface area contributed by atoms with Gasteiger partial charge < -0.3 is 5.11 Å². The SMILES string of the molecule is OC(c1cccnc1)c1nc2ccccc2s1. The Labute approximate surface area is 102 Å². The molecule has 1 N–H and O–H groups in total. The lowest BCUT2D eigenvalue weighted by molar-refractivity contribution is 0.219. The minimum Gasteiger partial charge on any atom is -0.381 e. The van der Waals surface area contributed by atoms with Gasteiger partial charge in [-0.25, -0.2) is 4.98 Å². The van der Waals surface area contributed by atoms with Gasteiger partial charge in [-0.3, -0.25) is 4.98 Å². The Morgan fingerprint density at radius 2 is 2.00 bits per heavy atom. The molecule has 4 heteroatoms. The molecular weight excluding hydrogens is 232 g/mol. The Balaban J connectivity index is 2.04. The van der Waals surface area contributed by atoms with Crippen LogP contribution < -0.4 is 0 Å². The van der Waals surface area contributed by atoms with E-state index in [4.69, 9.17) is 0 Å². The molecule has 0 radical (unpaired) electrons. The van der Waals surface area contributed by atoms with E-state index in [2.05, 4.69) is 9.97 Å². The number of rotatable bonds is 2. The molecule has 84 valence electrons. The number of benzene rings is 1. The first kappa shape index (κ1) is 10.4. The van der Waals surface area contributed by atoms with Crippen LogP contribution in [-0.4, -0.2) is 15.1 Å². The number of aliphatic hydroxyl groups excluding tert-OH is 1. The molecule has 3 nitrogen and oxygen atoms in total. The van der Waals surface area contributed by atoms with Crippen LogP contribution in [0.4, 0.5) is 0 Å². The van der Waals surface area contributed by atoms with Crippen LogP contribution in [0.3, 0.4) is 0 Å². The molecule has 2 aromatic heterocycles. The van der Waals surface area contributed by atoms with Gasteiger partial charge in [0.1, 0.15) is 11.1 Å².